The molecule has 2 heterocycles. The molecule has 0 saturated heterocycles. The van der Waals surface area contributed by atoms with Crippen LogP contribution >= 0.6 is 0 Å². The average Bonchev–Trinajstić information content (AvgIpc) is 2.44. The summed E-state index contributed by atoms with van der Waals surface area (Å²) >= 11 is 0. The lowest BCUT2D eigenvalue weighted by molar-refractivity contribution is -0.144. The van der Waals surface area contributed by atoms with Gasteiger partial charge in [0.15, 0.2) is 0 Å². The first-order valence-electron chi connectivity index (χ1n) is 6.66. The van der Waals surface area contributed by atoms with E-state index in [1.54, 1.807) is 45.3 Å². The fraction of sp³-hybridized carbons (Fsp3) is 0.312. The fourth-order valence-corrected chi connectivity index (χ4v) is 1.75. The van der Waals surface area contributed by atoms with Gasteiger partial charge in [0.1, 0.15) is 0 Å². The lowest BCUT2D eigenvalue weighted by atomic mass is 9.93. The monoisotopic (exact) mass is 286 g/mol. The maximum absolute atomic E-state index is 11.1. The summed E-state index contributed by atoms with van der Waals surface area (Å²) in [6.07, 6.45) is 5.96. The maximum Gasteiger partial charge on any atom is 0.312 e. The van der Waals surface area contributed by atoms with E-state index in [-0.39, 0.29) is 0 Å². The minimum Gasteiger partial charge on any atom is -0.481 e. The maximum atomic E-state index is 11.1. The van der Waals surface area contributed by atoms with Crippen LogP contribution in [-0.4, -0.2) is 26.2 Å². The number of aliphatic hydroxyl groups is 1. The van der Waals surface area contributed by atoms with E-state index in [2.05, 4.69) is 9.97 Å². The first-order valence-corrected chi connectivity index (χ1v) is 6.66. The molecule has 5 nitrogen and oxygen atoms in total. The van der Waals surface area contributed by atoms with Crippen LogP contribution in [0.25, 0.3) is 17.0 Å². The first-order chi connectivity index (χ1) is 9.79. The zero-order chi connectivity index (χ0) is 15.6. The van der Waals surface area contributed by atoms with Crippen LogP contribution in [-0.2, 0) is 4.79 Å². The van der Waals surface area contributed by atoms with E-state index in [4.69, 9.17) is 5.11 Å². The summed E-state index contributed by atoms with van der Waals surface area (Å²) in [5.41, 5.74) is 1.17. The van der Waals surface area contributed by atoms with E-state index < -0.39 is 17.5 Å². The number of aliphatic hydroxyl groups excluding tert-OH is 1. The summed E-state index contributed by atoms with van der Waals surface area (Å²) in [4.78, 5) is 19.5. The third kappa shape index (κ3) is 3.44. The Bertz CT molecular complexity index is 706. The SMILES string of the molecule is C[C@@H](O)c1cnc2cnc(C=CC(C)(C)C(=O)O)cc2c1. The van der Waals surface area contributed by atoms with E-state index in [0.717, 1.165) is 16.5 Å². The van der Waals surface area contributed by atoms with Crippen LogP contribution in [0.4, 0.5) is 0 Å². The number of carboxylic acids is 1. The highest BCUT2D eigenvalue weighted by Gasteiger charge is 2.23. The van der Waals surface area contributed by atoms with Crippen LogP contribution < -0.4 is 0 Å². The smallest absolute Gasteiger partial charge is 0.312 e. The Balaban J connectivity index is 2.38. The molecule has 0 aliphatic heterocycles. The molecule has 0 saturated carbocycles. The van der Waals surface area contributed by atoms with E-state index >= 15 is 0 Å². The minimum absolute atomic E-state index is 0.583. The van der Waals surface area contributed by atoms with Crippen molar-refractivity contribution in [2.45, 2.75) is 26.9 Å². The highest BCUT2D eigenvalue weighted by molar-refractivity contribution is 5.81. The largest absolute Gasteiger partial charge is 0.481 e. The molecule has 0 bridgehead atoms. The highest BCUT2D eigenvalue weighted by atomic mass is 16.4. The van der Waals surface area contributed by atoms with Gasteiger partial charge in [-0.3, -0.25) is 14.8 Å². The Labute approximate surface area is 123 Å². The van der Waals surface area contributed by atoms with E-state index in [0.29, 0.717) is 5.69 Å². The highest BCUT2D eigenvalue weighted by Crippen LogP contribution is 2.21. The molecule has 0 radical (unpaired) electrons. The number of hydrogen-bond donors (Lipinski definition) is 2. The number of aliphatic carboxylic acids is 1. The molecule has 2 rings (SSSR count). The van der Waals surface area contributed by atoms with Gasteiger partial charge in [-0.2, -0.15) is 0 Å². The molecular formula is C16H18N2O3. The van der Waals surface area contributed by atoms with Crippen molar-refractivity contribution in [1.29, 1.82) is 0 Å². The summed E-state index contributed by atoms with van der Waals surface area (Å²) in [6.45, 7) is 4.93. The van der Waals surface area contributed by atoms with Crippen molar-refractivity contribution >= 4 is 22.9 Å². The van der Waals surface area contributed by atoms with Crippen molar-refractivity contribution in [2.75, 3.05) is 0 Å². The third-order valence-electron chi connectivity index (χ3n) is 3.31. The summed E-state index contributed by atoms with van der Waals surface area (Å²) in [6, 6.07) is 3.68. The van der Waals surface area contributed by atoms with Gasteiger partial charge < -0.3 is 10.2 Å². The van der Waals surface area contributed by atoms with Crippen LogP contribution in [0.1, 0.15) is 38.1 Å². The molecule has 1 atom stereocenters. The fourth-order valence-electron chi connectivity index (χ4n) is 1.75. The Hall–Kier alpha value is -2.27. The molecule has 0 unspecified atom stereocenters. The Kier molecular flexibility index (Phi) is 4.04. The molecule has 2 aromatic heterocycles. The van der Waals surface area contributed by atoms with Gasteiger partial charge in [0, 0.05) is 11.6 Å². The Morgan fingerprint density at radius 3 is 2.62 bits per heavy atom. The van der Waals surface area contributed by atoms with Crippen LogP contribution in [0.15, 0.2) is 30.6 Å². The zero-order valence-electron chi connectivity index (χ0n) is 12.2. The summed E-state index contributed by atoms with van der Waals surface area (Å²) in [7, 11) is 0. The number of aromatic nitrogens is 2. The van der Waals surface area contributed by atoms with Gasteiger partial charge in [0.25, 0.3) is 0 Å². The number of fused-ring (bicyclic) bond motifs is 1. The molecule has 0 aromatic carbocycles. The summed E-state index contributed by atoms with van der Waals surface area (Å²) in [5.74, 6) is -0.891. The van der Waals surface area contributed by atoms with Crippen LogP contribution in [0.5, 0.6) is 0 Å². The summed E-state index contributed by atoms with van der Waals surface area (Å²) < 4.78 is 0. The average molecular weight is 286 g/mol. The van der Waals surface area contributed by atoms with Gasteiger partial charge in [-0.15, -0.1) is 0 Å². The van der Waals surface area contributed by atoms with Crippen molar-refractivity contribution < 1.29 is 15.0 Å². The molecule has 2 N–H and O–H groups in total. The zero-order valence-corrected chi connectivity index (χ0v) is 12.2. The molecule has 110 valence electrons. The number of carbonyl (C=O) groups is 1. The molecule has 0 aliphatic carbocycles. The third-order valence-corrected chi connectivity index (χ3v) is 3.31. The second-order valence-corrected chi connectivity index (χ2v) is 5.61. The summed E-state index contributed by atoms with van der Waals surface area (Å²) in [5, 5.41) is 19.5. The van der Waals surface area contributed by atoms with Gasteiger partial charge in [-0.25, -0.2) is 0 Å². The van der Waals surface area contributed by atoms with Gasteiger partial charge >= 0.3 is 5.97 Å². The molecule has 0 aliphatic rings. The minimum atomic E-state index is -0.948. The van der Waals surface area contributed by atoms with Gasteiger partial charge in [-0.05, 0) is 44.5 Å². The van der Waals surface area contributed by atoms with Crippen LogP contribution in [0.3, 0.4) is 0 Å². The van der Waals surface area contributed by atoms with Crippen molar-refractivity contribution in [3.05, 3.63) is 41.9 Å². The van der Waals surface area contributed by atoms with E-state index in [9.17, 15) is 9.90 Å². The van der Waals surface area contributed by atoms with Crippen LogP contribution in [0, 0.1) is 5.41 Å². The number of rotatable bonds is 4. The molecule has 0 fully saturated rings. The second kappa shape index (κ2) is 5.61. The standard InChI is InChI=1S/C16H18N2O3/c1-10(19)12-6-11-7-13(17-9-14(11)18-8-12)4-5-16(2,3)15(20)21/h4-10,19H,1-3H3,(H,20,21)/t10-/m1/s1. The van der Waals surface area contributed by atoms with Gasteiger partial charge in [0.05, 0.1) is 28.9 Å². The first kappa shape index (κ1) is 15.1. The number of pyridine rings is 2. The molecule has 0 spiro atoms. The van der Waals surface area contributed by atoms with Crippen molar-refractivity contribution in [2.24, 2.45) is 5.41 Å². The Morgan fingerprint density at radius 1 is 1.29 bits per heavy atom. The number of nitrogens with zero attached hydrogens (tertiary/aromatic N) is 2. The van der Waals surface area contributed by atoms with Gasteiger partial charge in [-0.1, -0.05) is 6.08 Å². The van der Waals surface area contributed by atoms with Crippen molar-refractivity contribution in [3.8, 4) is 0 Å². The topological polar surface area (TPSA) is 83.3 Å². The van der Waals surface area contributed by atoms with Crippen molar-refractivity contribution in [1.82, 2.24) is 9.97 Å². The molecule has 5 heteroatoms. The quantitative estimate of drug-likeness (QED) is 0.903. The molecule has 21 heavy (non-hydrogen) atoms. The Morgan fingerprint density at radius 2 is 2.00 bits per heavy atom. The number of hydrogen-bond acceptors (Lipinski definition) is 4. The second-order valence-electron chi connectivity index (χ2n) is 5.61. The lowest BCUT2D eigenvalue weighted by Crippen LogP contribution is -2.20. The van der Waals surface area contributed by atoms with Crippen molar-refractivity contribution in [3.63, 3.8) is 0 Å². The van der Waals surface area contributed by atoms with E-state index in [1.807, 2.05) is 12.1 Å². The van der Waals surface area contributed by atoms with E-state index in [1.165, 1.54) is 0 Å². The lowest BCUT2D eigenvalue weighted by Gasteiger charge is -2.12. The van der Waals surface area contributed by atoms with Gasteiger partial charge in [0.2, 0.25) is 0 Å². The number of carboxylic acid groups (broad SMARTS) is 1. The molecule has 0 amide bonds. The van der Waals surface area contributed by atoms with Crippen LogP contribution in [0.2, 0.25) is 0 Å². The normalized spacial score (nSPS) is 13.7. The molecular weight excluding hydrogens is 268 g/mol. The predicted molar refractivity (Wildman–Crippen MR) is 80.6 cm³/mol. The predicted octanol–water partition coefficient (Wildman–Crippen LogP) is 2.81. The molecule has 2 aromatic rings.